The number of rotatable bonds is 7. The van der Waals surface area contributed by atoms with Crippen LogP contribution in [-0.2, 0) is 20.0 Å². The van der Waals surface area contributed by atoms with Crippen molar-refractivity contribution in [3.8, 4) is 0 Å². The van der Waals surface area contributed by atoms with Crippen LogP contribution in [0.1, 0.15) is 0 Å². The molecule has 0 heterocycles. The Hall–Kier alpha value is -1.80. The van der Waals surface area contributed by atoms with Gasteiger partial charge in [-0.25, -0.2) is 26.7 Å². The summed E-state index contributed by atoms with van der Waals surface area (Å²) in [6.07, 6.45) is 0. The highest BCUT2D eigenvalue weighted by Crippen LogP contribution is 2.26. The monoisotopic (exact) mass is 339 g/mol. The highest BCUT2D eigenvalue weighted by molar-refractivity contribution is 7.90. The summed E-state index contributed by atoms with van der Waals surface area (Å²) in [6, 6.07) is 3.14. The molecule has 0 amide bonds. The summed E-state index contributed by atoms with van der Waals surface area (Å²) in [5.74, 6) is 4.47. The Labute approximate surface area is 120 Å². The van der Waals surface area contributed by atoms with Gasteiger partial charge in [0.15, 0.2) is 4.90 Å². The van der Waals surface area contributed by atoms with E-state index in [1.54, 1.807) is 0 Å². The fraction of sp³-hybridized carbons (Fsp3) is 0.250. The molecule has 1 rings (SSSR count). The first-order chi connectivity index (χ1) is 9.57. The van der Waals surface area contributed by atoms with E-state index in [0.717, 1.165) is 12.1 Å². The van der Waals surface area contributed by atoms with Gasteiger partial charge >= 0.3 is 0 Å². The van der Waals surface area contributed by atoms with E-state index in [-0.39, 0.29) is 5.69 Å². The molecule has 0 radical (unpaired) electrons. The number of nitro groups is 1. The zero-order valence-corrected chi connectivity index (χ0v) is 12.1. The lowest BCUT2D eigenvalue weighted by Gasteiger charge is -2.08. The number of sulfonamides is 2. The molecule has 0 saturated carbocycles. The molecule has 21 heavy (non-hydrogen) atoms. The summed E-state index contributed by atoms with van der Waals surface area (Å²) in [6.45, 7) is -0.515. The maximum Gasteiger partial charge on any atom is 0.289 e. The molecule has 1 aromatic rings. The normalized spacial score (nSPS) is 12.1. The van der Waals surface area contributed by atoms with Crippen molar-refractivity contribution >= 4 is 31.4 Å². The molecule has 0 unspecified atom stereocenters. The standard InChI is InChI=1S/C8H13N5O6S2/c9-12-6-1-2-7(13(14)15)8(5-6)21(18,19)11-3-4-20(10,16)17/h1-2,5,11-12H,3-4,9H2,(H2,10,16,17). The van der Waals surface area contributed by atoms with Gasteiger partial charge < -0.3 is 5.43 Å². The summed E-state index contributed by atoms with van der Waals surface area (Å²) in [5.41, 5.74) is 1.62. The van der Waals surface area contributed by atoms with Crippen LogP contribution in [0.3, 0.4) is 0 Å². The number of nitrogens with zero attached hydrogens (tertiary/aromatic N) is 1. The predicted octanol–water partition coefficient (Wildman–Crippen LogP) is -1.55. The fourth-order valence-corrected chi connectivity index (χ4v) is 3.11. The number of primary sulfonamides is 1. The second-order valence-corrected chi connectivity index (χ2v) is 7.32. The van der Waals surface area contributed by atoms with E-state index < -0.39 is 47.9 Å². The van der Waals surface area contributed by atoms with Crippen LogP contribution in [0.15, 0.2) is 23.1 Å². The first-order valence-corrected chi connectivity index (χ1v) is 8.52. The molecule has 118 valence electrons. The Balaban J connectivity index is 3.14. The van der Waals surface area contributed by atoms with Crippen molar-refractivity contribution < 1.29 is 21.8 Å². The number of nitrogen functional groups attached to an aromatic ring is 1. The van der Waals surface area contributed by atoms with Crippen LogP contribution < -0.4 is 21.1 Å². The predicted molar refractivity (Wildman–Crippen MR) is 74.1 cm³/mol. The highest BCUT2D eigenvalue weighted by Gasteiger charge is 2.26. The number of nitro benzene ring substituents is 1. The molecule has 0 aliphatic carbocycles. The zero-order chi connectivity index (χ0) is 16.3. The molecule has 0 saturated heterocycles. The third-order valence-electron chi connectivity index (χ3n) is 2.29. The summed E-state index contributed by atoms with van der Waals surface area (Å²) >= 11 is 0. The lowest BCUT2D eigenvalue weighted by Crippen LogP contribution is -2.32. The molecule has 11 nitrogen and oxygen atoms in total. The van der Waals surface area contributed by atoms with E-state index in [4.69, 9.17) is 11.0 Å². The maximum atomic E-state index is 12.0. The Morgan fingerprint density at radius 2 is 1.86 bits per heavy atom. The van der Waals surface area contributed by atoms with Gasteiger partial charge in [0.05, 0.1) is 16.4 Å². The number of nitrogens with one attached hydrogen (secondary N) is 2. The number of benzene rings is 1. The van der Waals surface area contributed by atoms with Gasteiger partial charge in [0.1, 0.15) is 0 Å². The molecule has 0 aliphatic heterocycles. The minimum atomic E-state index is -4.30. The second kappa shape index (κ2) is 6.31. The minimum absolute atomic E-state index is 0.132. The molecule has 0 aromatic heterocycles. The Kier molecular flexibility index (Phi) is 5.19. The molecule has 1 aromatic carbocycles. The molecule has 13 heteroatoms. The smallest absolute Gasteiger partial charge is 0.289 e. The van der Waals surface area contributed by atoms with Crippen molar-refractivity contribution in [2.24, 2.45) is 11.0 Å². The number of hydrogen-bond acceptors (Lipinski definition) is 8. The summed E-state index contributed by atoms with van der Waals surface area (Å²) in [4.78, 5) is 9.33. The number of anilines is 1. The molecule has 0 bridgehead atoms. The van der Waals surface area contributed by atoms with Gasteiger partial charge in [-0.15, -0.1) is 0 Å². The van der Waals surface area contributed by atoms with E-state index in [1.807, 2.05) is 4.72 Å². The molecule has 0 spiro atoms. The van der Waals surface area contributed by atoms with Gasteiger partial charge in [0, 0.05) is 12.6 Å². The van der Waals surface area contributed by atoms with Crippen LogP contribution in [0, 0.1) is 10.1 Å². The van der Waals surface area contributed by atoms with Gasteiger partial charge in [0.2, 0.25) is 20.0 Å². The Bertz CT molecular complexity index is 744. The maximum absolute atomic E-state index is 12.0. The van der Waals surface area contributed by atoms with E-state index in [9.17, 15) is 26.9 Å². The van der Waals surface area contributed by atoms with Crippen LogP contribution in [0.5, 0.6) is 0 Å². The van der Waals surface area contributed by atoms with Crippen molar-refractivity contribution in [2.75, 3.05) is 17.7 Å². The largest absolute Gasteiger partial charge is 0.324 e. The second-order valence-electron chi connectivity index (χ2n) is 3.85. The van der Waals surface area contributed by atoms with Crippen molar-refractivity contribution in [3.63, 3.8) is 0 Å². The molecule has 6 N–H and O–H groups in total. The van der Waals surface area contributed by atoms with Gasteiger partial charge in [-0.1, -0.05) is 0 Å². The van der Waals surface area contributed by atoms with Crippen LogP contribution in [0.4, 0.5) is 11.4 Å². The highest BCUT2D eigenvalue weighted by atomic mass is 32.2. The topological polar surface area (TPSA) is 188 Å². The quantitative estimate of drug-likeness (QED) is 0.261. The van der Waals surface area contributed by atoms with Crippen molar-refractivity contribution in [1.82, 2.24) is 4.72 Å². The van der Waals surface area contributed by atoms with Gasteiger partial charge in [0.25, 0.3) is 5.69 Å². The Morgan fingerprint density at radius 1 is 1.24 bits per heavy atom. The van der Waals surface area contributed by atoms with Gasteiger partial charge in [-0.05, 0) is 12.1 Å². The minimum Gasteiger partial charge on any atom is -0.324 e. The molecule has 0 fully saturated rings. The lowest BCUT2D eigenvalue weighted by atomic mass is 10.3. The van der Waals surface area contributed by atoms with E-state index >= 15 is 0 Å². The van der Waals surface area contributed by atoms with Crippen LogP contribution in [-0.4, -0.2) is 34.1 Å². The first kappa shape index (κ1) is 17.3. The molecular formula is C8H13N5O6S2. The van der Waals surface area contributed by atoms with Crippen molar-refractivity contribution in [2.45, 2.75) is 4.90 Å². The zero-order valence-electron chi connectivity index (χ0n) is 10.5. The van der Waals surface area contributed by atoms with E-state index in [2.05, 4.69) is 5.43 Å². The molecular weight excluding hydrogens is 326 g/mol. The van der Waals surface area contributed by atoms with E-state index in [1.165, 1.54) is 6.07 Å². The van der Waals surface area contributed by atoms with Crippen molar-refractivity contribution in [1.29, 1.82) is 0 Å². The number of hydrazine groups is 1. The summed E-state index contributed by atoms with van der Waals surface area (Å²) < 4.78 is 47.4. The number of nitrogens with two attached hydrogens (primary N) is 2. The SMILES string of the molecule is NNc1ccc([N+](=O)[O-])c(S(=O)(=O)NCCS(N)(=O)=O)c1. The van der Waals surface area contributed by atoms with E-state index in [0.29, 0.717) is 0 Å². The fourth-order valence-electron chi connectivity index (χ4n) is 1.37. The first-order valence-electron chi connectivity index (χ1n) is 5.32. The van der Waals surface area contributed by atoms with Gasteiger partial charge in [-0.2, -0.15) is 0 Å². The van der Waals surface area contributed by atoms with Crippen LogP contribution in [0.2, 0.25) is 0 Å². The van der Waals surface area contributed by atoms with Crippen molar-refractivity contribution in [3.05, 3.63) is 28.3 Å². The Morgan fingerprint density at radius 3 is 2.33 bits per heavy atom. The average Bonchev–Trinajstić information content (AvgIpc) is 2.36. The number of hydrogen-bond donors (Lipinski definition) is 4. The summed E-state index contributed by atoms with van der Waals surface area (Å²) in [5, 5.41) is 15.6. The van der Waals surface area contributed by atoms with Crippen LogP contribution >= 0.6 is 0 Å². The third kappa shape index (κ3) is 4.91. The molecule has 0 atom stereocenters. The lowest BCUT2D eigenvalue weighted by molar-refractivity contribution is -0.387. The molecule has 0 aliphatic rings. The average molecular weight is 339 g/mol. The summed E-state index contributed by atoms with van der Waals surface area (Å²) in [7, 11) is -8.16. The van der Waals surface area contributed by atoms with Gasteiger partial charge in [-0.3, -0.25) is 16.0 Å². The van der Waals surface area contributed by atoms with Crippen LogP contribution in [0.25, 0.3) is 0 Å². The third-order valence-corrected chi connectivity index (χ3v) is 4.55.